The fourth-order valence-electron chi connectivity index (χ4n) is 0.875. The molecule has 0 radical (unpaired) electrons. The Morgan fingerprint density at radius 3 is 2.92 bits per heavy atom. The molecule has 0 fully saturated rings. The molecule has 0 amide bonds. The van der Waals surface area contributed by atoms with Gasteiger partial charge >= 0.3 is 0 Å². The van der Waals surface area contributed by atoms with Crippen LogP contribution in [0.4, 0.5) is 5.69 Å². The monoisotopic (exact) mass is 257 g/mol. The summed E-state index contributed by atoms with van der Waals surface area (Å²) in [6.45, 7) is 0. The lowest BCUT2D eigenvalue weighted by Crippen LogP contribution is -1.83. The van der Waals surface area contributed by atoms with E-state index in [9.17, 15) is 0 Å². The molecule has 13 heavy (non-hydrogen) atoms. The number of halogens is 1. The Labute approximate surface area is 90.8 Å². The first-order valence-corrected chi connectivity index (χ1v) is 4.85. The zero-order chi connectivity index (χ0) is 9.68. The van der Waals surface area contributed by atoms with Crippen LogP contribution in [0.15, 0.2) is 27.7 Å². The number of rotatable bonds is 3. The molecule has 0 saturated heterocycles. The number of benzene rings is 1. The van der Waals surface area contributed by atoms with Gasteiger partial charge in [0, 0.05) is 16.1 Å². The van der Waals surface area contributed by atoms with Gasteiger partial charge in [-0.3, -0.25) is 4.99 Å². The lowest BCUT2D eigenvalue weighted by Gasteiger charge is -2.03. The van der Waals surface area contributed by atoms with Crippen molar-refractivity contribution < 1.29 is 4.74 Å². The van der Waals surface area contributed by atoms with Crippen molar-refractivity contribution in [2.24, 2.45) is 4.99 Å². The molecule has 0 aliphatic rings. The van der Waals surface area contributed by atoms with E-state index in [1.165, 1.54) is 5.37 Å². The Balaban J connectivity index is 3.07. The summed E-state index contributed by atoms with van der Waals surface area (Å²) in [6.07, 6.45) is 1.56. The average Bonchev–Trinajstić information content (AvgIpc) is 2.15. The minimum atomic E-state index is 0.733. The van der Waals surface area contributed by atoms with Gasteiger partial charge in [0.2, 0.25) is 0 Å². The molecule has 0 unspecified atom stereocenters. The first kappa shape index (κ1) is 10.3. The predicted molar refractivity (Wildman–Crippen MR) is 62.5 cm³/mol. The van der Waals surface area contributed by atoms with Crippen LogP contribution in [-0.4, -0.2) is 18.7 Å². The van der Waals surface area contributed by atoms with Crippen molar-refractivity contribution in [2.45, 2.75) is 0 Å². The topological polar surface area (TPSA) is 21.6 Å². The smallest absolute Gasteiger partial charge is 0.144 e. The van der Waals surface area contributed by atoms with Crippen molar-refractivity contribution in [1.82, 2.24) is 0 Å². The number of thiocarbonyl (C=S) groups is 1. The lowest BCUT2D eigenvalue weighted by atomic mass is 10.3. The van der Waals surface area contributed by atoms with E-state index in [0.717, 1.165) is 15.9 Å². The van der Waals surface area contributed by atoms with Gasteiger partial charge in [-0.05, 0) is 18.2 Å². The number of methoxy groups -OCH3 is 1. The molecule has 1 aromatic rings. The van der Waals surface area contributed by atoms with Crippen LogP contribution in [0, 0.1) is 0 Å². The summed E-state index contributed by atoms with van der Waals surface area (Å²) in [5.74, 6) is 0.733. The van der Waals surface area contributed by atoms with Crippen molar-refractivity contribution in [3.05, 3.63) is 22.7 Å². The number of aliphatic imine (C=N–C) groups is 1. The second-order valence-corrected chi connectivity index (χ2v) is 3.42. The molecular formula is C9H8BrNOS. The summed E-state index contributed by atoms with van der Waals surface area (Å²) in [4.78, 5) is 4.12. The molecule has 0 bridgehead atoms. The Bertz CT molecular complexity index is 338. The quantitative estimate of drug-likeness (QED) is 0.613. The Morgan fingerprint density at radius 2 is 2.31 bits per heavy atom. The van der Waals surface area contributed by atoms with Gasteiger partial charge in [-0.25, -0.2) is 0 Å². The standard InChI is InChI=1S/C9H8BrNOS/c1-12-9-3-2-7(10)6-8(9)11-4-5-13/h2-6H,1H3. The van der Waals surface area contributed by atoms with Crippen LogP contribution in [0.1, 0.15) is 0 Å². The molecule has 0 spiro atoms. The number of nitrogens with zero attached hydrogens (tertiary/aromatic N) is 1. The summed E-state index contributed by atoms with van der Waals surface area (Å²) < 4.78 is 6.08. The fourth-order valence-corrected chi connectivity index (χ4v) is 1.28. The van der Waals surface area contributed by atoms with Crippen LogP contribution in [0.5, 0.6) is 5.75 Å². The third-order valence-electron chi connectivity index (χ3n) is 1.42. The molecule has 0 aliphatic heterocycles. The maximum atomic E-state index is 5.11. The number of ether oxygens (including phenoxy) is 1. The second-order valence-electron chi connectivity index (χ2n) is 2.23. The first-order valence-electron chi connectivity index (χ1n) is 3.59. The maximum absolute atomic E-state index is 5.11. The van der Waals surface area contributed by atoms with Crippen LogP contribution >= 0.6 is 28.1 Å². The van der Waals surface area contributed by atoms with Crippen molar-refractivity contribution in [1.29, 1.82) is 0 Å². The second kappa shape index (κ2) is 5.09. The first-order chi connectivity index (χ1) is 6.27. The third-order valence-corrected chi connectivity index (χ3v) is 2.03. The van der Waals surface area contributed by atoms with E-state index in [4.69, 9.17) is 4.74 Å². The average molecular weight is 258 g/mol. The maximum Gasteiger partial charge on any atom is 0.144 e. The van der Waals surface area contributed by atoms with Crippen molar-refractivity contribution in [3.63, 3.8) is 0 Å². The van der Waals surface area contributed by atoms with Crippen LogP contribution in [0.2, 0.25) is 0 Å². The third kappa shape index (κ3) is 2.90. The largest absolute Gasteiger partial charge is 0.494 e. The molecule has 0 saturated carbocycles. The number of hydrogen-bond acceptors (Lipinski definition) is 3. The lowest BCUT2D eigenvalue weighted by molar-refractivity contribution is 0.416. The van der Waals surface area contributed by atoms with Gasteiger partial charge in [-0.2, -0.15) is 0 Å². The van der Waals surface area contributed by atoms with E-state index >= 15 is 0 Å². The van der Waals surface area contributed by atoms with Crippen molar-refractivity contribution in [2.75, 3.05) is 7.11 Å². The van der Waals surface area contributed by atoms with Gasteiger partial charge in [0.05, 0.1) is 7.11 Å². The van der Waals surface area contributed by atoms with E-state index in [1.807, 2.05) is 18.2 Å². The highest BCUT2D eigenvalue weighted by Crippen LogP contribution is 2.29. The fraction of sp³-hybridized carbons (Fsp3) is 0.111. The van der Waals surface area contributed by atoms with Gasteiger partial charge < -0.3 is 4.74 Å². The molecule has 68 valence electrons. The molecule has 0 aliphatic carbocycles. The minimum absolute atomic E-state index is 0.733. The van der Waals surface area contributed by atoms with E-state index in [1.54, 1.807) is 13.3 Å². The SMILES string of the molecule is COc1ccc(Br)cc1N=CC=S. The van der Waals surface area contributed by atoms with Gasteiger partial charge in [-0.1, -0.05) is 28.1 Å². The normalized spacial score (nSPS) is 10.3. The highest BCUT2D eigenvalue weighted by atomic mass is 79.9. The molecular weight excluding hydrogens is 250 g/mol. The minimum Gasteiger partial charge on any atom is -0.494 e. The molecule has 0 heterocycles. The molecule has 4 heteroatoms. The Hall–Kier alpha value is -0.740. The Morgan fingerprint density at radius 1 is 1.54 bits per heavy atom. The summed E-state index contributed by atoms with van der Waals surface area (Å²) in [5.41, 5.74) is 0.762. The summed E-state index contributed by atoms with van der Waals surface area (Å²) in [6, 6.07) is 5.61. The highest BCUT2D eigenvalue weighted by Gasteiger charge is 2.00. The molecule has 0 N–H and O–H groups in total. The van der Waals surface area contributed by atoms with Gasteiger partial charge in [-0.15, -0.1) is 0 Å². The zero-order valence-corrected chi connectivity index (χ0v) is 9.43. The van der Waals surface area contributed by atoms with Crippen molar-refractivity contribution in [3.8, 4) is 5.75 Å². The molecule has 1 aromatic carbocycles. The number of hydrogen-bond donors (Lipinski definition) is 0. The van der Waals surface area contributed by atoms with E-state index in [2.05, 4.69) is 33.1 Å². The van der Waals surface area contributed by atoms with Crippen LogP contribution < -0.4 is 4.74 Å². The van der Waals surface area contributed by atoms with Gasteiger partial charge in [0.15, 0.2) is 0 Å². The van der Waals surface area contributed by atoms with E-state index in [0.29, 0.717) is 0 Å². The van der Waals surface area contributed by atoms with E-state index in [-0.39, 0.29) is 0 Å². The van der Waals surface area contributed by atoms with E-state index < -0.39 is 0 Å². The van der Waals surface area contributed by atoms with Crippen molar-refractivity contribution >= 4 is 45.4 Å². The summed E-state index contributed by atoms with van der Waals surface area (Å²) in [7, 11) is 1.61. The highest BCUT2D eigenvalue weighted by molar-refractivity contribution is 9.10. The van der Waals surface area contributed by atoms with Gasteiger partial charge in [0.25, 0.3) is 0 Å². The molecule has 0 atom stereocenters. The zero-order valence-electron chi connectivity index (χ0n) is 7.03. The molecule has 0 aromatic heterocycles. The summed E-state index contributed by atoms with van der Waals surface area (Å²) >= 11 is 7.99. The van der Waals surface area contributed by atoms with Crippen LogP contribution in [0.25, 0.3) is 0 Å². The summed E-state index contributed by atoms with van der Waals surface area (Å²) in [5, 5.41) is 1.46. The Kier molecular flexibility index (Phi) is 4.05. The van der Waals surface area contributed by atoms with Crippen LogP contribution in [0.3, 0.4) is 0 Å². The predicted octanol–water partition coefficient (Wildman–Crippen LogP) is 3.16. The molecule has 1 rings (SSSR count). The van der Waals surface area contributed by atoms with Gasteiger partial charge in [0.1, 0.15) is 11.4 Å². The molecule has 2 nitrogen and oxygen atoms in total. The van der Waals surface area contributed by atoms with Crippen LogP contribution in [-0.2, 0) is 0 Å².